The number of hydrogen-bond acceptors (Lipinski definition) is 1. The Hall–Kier alpha value is -0.510. The number of fused-ring (bicyclic) bond motifs is 1. The predicted molar refractivity (Wildman–Crippen MR) is 88.0 cm³/mol. The van der Waals surface area contributed by atoms with Crippen molar-refractivity contribution in [1.29, 1.82) is 0 Å². The molecule has 98 valence electrons. The lowest BCUT2D eigenvalue weighted by Gasteiger charge is -2.17. The molecule has 1 nitrogen and oxygen atoms in total. The first-order valence-electron chi connectivity index (χ1n) is 6.14. The molecule has 0 saturated heterocycles. The normalized spacial score (nSPS) is 17.3. The maximum atomic E-state index is 6.13. The highest BCUT2D eigenvalue weighted by Gasteiger charge is 2.23. The van der Waals surface area contributed by atoms with Crippen molar-refractivity contribution in [2.75, 3.05) is 5.32 Å². The quantitative estimate of drug-likeness (QED) is 0.654. The van der Waals surface area contributed by atoms with E-state index in [0.717, 1.165) is 32.5 Å². The van der Waals surface area contributed by atoms with E-state index >= 15 is 0 Å². The fourth-order valence-corrected chi connectivity index (χ4v) is 3.50. The molecule has 3 rings (SSSR count). The number of nitrogens with one attached hydrogen (secondary N) is 1. The van der Waals surface area contributed by atoms with E-state index in [2.05, 4.69) is 55.4 Å². The smallest absolute Gasteiger partial charge is 0.0593 e. The van der Waals surface area contributed by atoms with Crippen molar-refractivity contribution in [2.24, 2.45) is 0 Å². The SMILES string of the molecule is Clc1cccc(NC2CCc3cc(Br)ccc32)c1Br. The van der Waals surface area contributed by atoms with Gasteiger partial charge in [-0.15, -0.1) is 0 Å². The first kappa shape index (κ1) is 13.5. The van der Waals surface area contributed by atoms with Gasteiger partial charge in [-0.25, -0.2) is 0 Å². The molecule has 1 unspecified atom stereocenters. The van der Waals surface area contributed by atoms with Gasteiger partial charge < -0.3 is 5.32 Å². The van der Waals surface area contributed by atoms with Crippen LogP contribution in [0.3, 0.4) is 0 Å². The zero-order chi connectivity index (χ0) is 13.4. The first-order valence-corrected chi connectivity index (χ1v) is 8.10. The standard InChI is InChI=1S/C15H12Br2ClN/c16-10-5-6-11-9(8-10)4-7-13(11)19-14-3-1-2-12(18)15(14)17/h1-3,5-6,8,13,19H,4,7H2. The molecule has 4 heteroatoms. The van der Waals surface area contributed by atoms with Gasteiger partial charge in [0, 0.05) is 4.47 Å². The molecule has 0 amide bonds. The number of anilines is 1. The van der Waals surface area contributed by atoms with E-state index in [1.165, 1.54) is 11.1 Å². The number of benzene rings is 2. The van der Waals surface area contributed by atoms with Crippen LogP contribution in [0, 0.1) is 0 Å². The predicted octanol–water partition coefficient (Wildman–Crippen LogP) is 5.96. The molecule has 1 aliphatic carbocycles. The van der Waals surface area contributed by atoms with Crippen molar-refractivity contribution in [1.82, 2.24) is 0 Å². The van der Waals surface area contributed by atoms with Gasteiger partial charge in [0.05, 0.1) is 21.2 Å². The van der Waals surface area contributed by atoms with Crippen molar-refractivity contribution >= 4 is 49.1 Å². The molecule has 19 heavy (non-hydrogen) atoms. The molecule has 0 radical (unpaired) electrons. The molecule has 0 spiro atoms. The number of rotatable bonds is 2. The molecule has 0 heterocycles. The summed E-state index contributed by atoms with van der Waals surface area (Å²) in [6.07, 6.45) is 2.23. The highest BCUT2D eigenvalue weighted by molar-refractivity contribution is 9.11. The third-order valence-electron chi connectivity index (χ3n) is 3.46. The molecule has 2 aromatic rings. The van der Waals surface area contributed by atoms with Gasteiger partial charge in [-0.05, 0) is 64.2 Å². The Bertz CT molecular complexity index is 628. The van der Waals surface area contributed by atoms with E-state index in [4.69, 9.17) is 11.6 Å². The largest absolute Gasteiger partial charge is 0.377 e. The number of halogens is 3. The van der Waals surface area contributed by atoms with Crippen molar-refractivity contribution in [2.45, 2.75) is 18.9 Å². The van der Waals surface area contributed by atoms with Gasteiger partial charge in [-0.2, -0.15) is 0 Å². The second-order valence-corrected chi connectivity index (χ2v) is 6.80. The number of aryl methyl sites for hydroxylation is 1. The maximum Gasteiger partial charge on any atom is 0.0593 e. The number of hydrogen-bond donors (Lipinski definition) is 1. The van der Waals surface area contributed by atoms with Gasteiger partial charge in [0.15, 0.2) is 0 Å². The average molecular weight is 402 g/mol. The second kappa shape index (κ2) is 5.47. The lowest BCUT2D eigenvalue weighted by molar-refractivity contribution is 0.761. The summed E-state index contributed by atoms with van der Waals surface area (Å²) in [5, 5.41) is 4.31. The summed E-state index contributed by atoms with van der Waals surface area (Å²) in [5.74, 6) is 0. The monoisotopic (exact) mass is 399 g/mol. The lowest BCUT2D eigenvalue weighted by Crippen LogP contribution is -2.07. The molecule has 0 aromatic heterocycles. The fourth-order valence-electron chi connectivity index (χ4n) is 2.54. The summed E-state index contributed by atoms with van der Waals surface area (Å²) in [5.41, 5.74) is 3.85. The van der Waals surface area contributed by atoms with Crippen molar-refractivity contribution < 1.29 is 0 Å². The highest BCUT2D eigenvalue weighted by Crippen LogP contribution is 2.38. The third-order valence-corrected chi connectivity index (χ3v) is 5.35. The molecule has 0 aliphatic heterocycles. The van der Waals surface area contributed by atoms with E-state index in [1.807, 2.05) is 18.2 Å². The van der Waals surface area contributed by atoms with Crippen LogP contribution in [0.5, 0.6) is 0 Å². The van der Waals surface area contributed by atoms with Crippen LogP contribution in [0.4, 0.5) is 5.69 Å². The Labute approximate surface area is 134 Å². The van der Waals surface area contributed by atoms with Crippen molar-refractivity contribution in [3.8, 4) is 0 Å². The molecule has 0 bridgehead atoms. The zero-order valence-electron chi connectivity index (χ0n) is 10.1. The van der Waals surface area contributed by atoms with Crippen LogP contribution in [0.25, 0.3) is 0 Å². The van der Waals surface area contributed by atoms with Crippen LogP contribution in [0.2, 0.25) is 5.02 Å². The first-order chi connectivity index (χ1) is 9.15. The molecular weight excluding hydrogens is 389 g/mol. The van der Waals surface area contributed by atoms with E-state index in [-0.39, 0.29) is 0 Å². The Morgan fingerprint density at radius 2 is 2.00 bits per heavy atom. The second-order valence-electron chi connectivity index (χ2n) is 4.68. The van der Waals surface area contributed by atoms with Gasteiger partial charge in [0.25, 0.3) is 0 Å². The topological polar surface area (TPSA) is 12.0 Å². The minimum atomic E-state index is 0.359. The van der Waals surface area contributed by atoms with E-state index < -0.39 is 0 Å². The van der Waals surface area contributed by atoms with Gasteiger partial charge in [0.2, 0.25) is 0 Å². The molecule has 0 saturated carbocycles. The molecule has 1 N–H and O–H groups in total. The summed E-state index contributed by atoms with van der Waals surface area (Å²) < 4.78 is 2.08. The van der Waals surface area contributed by atoms with Crippen LogP contribution < -0.4 is 5.32 Å². The van der Waals surface area contributed by atoms with Gasteiger partial charge in [-0.3, -0.25) is 0 Å². The molecular formula is C15H12Br2ClN. The average Bonchev–Trinajstić information content (AvgIpc) is 2.77. The van der Waals surface area contributed by atoms with Gasteiger partial charge >= 0.3 is 0 Å². The van der Waals surface area contributed by atoms with Gasteiger partial charge in [-0.1, -0.05) is 39.7 Å². The molecule has 2 aromatic carbocycles. The van der Waals surface area contributed by atoms with E-state index in [0.29, 0.717) is 6.04 Å². The van der Waals surface area contributed by atoms with Crippen LogP contribution >= 0.6 is 43.5 Å². The van der Waals surface area contributed by atoms with Crippen LogP contribution in [-0.2, 0) is 6.42 Å². The molecule has 0 fully saturated rings. The van der Waals surface area contributed by atoms with Crippen LogP contribution in [0.1, 0.15) is 23.6 Å². The Morgan fingerprint density at radius 3 is 2.84 bits per heavy atom. The Balaban J connectivity index is 1.89. The molecule has 1 aliphatic rings. The Kier molecular flexibility index (Phi) is 3.88. The fraction of sp³-hybridized carbons (Fsp3) is 0.200. The van der Waals surface area contributed by atoms with Crippen LogP contribution in [-0.4, -0.2) is 0 Å². The van der Waals surface area contributed by atoms with Crippen molar-refractivity contribution in [3.05, 3.63) is 61.5 Å². The lowest BCUT2D eigenvalue weighted by atomic mass is 10.1. The summed E-state index contributed by atoms with van der Waals surface area (Å²) in [7, 11) is 0. The molecule has 1 atom stereocenters. The van der Waals surface area contributed by atoms with Gasteiger partial charge in [0.1, 0.15) is 0 Å². The summed E-state index contributed by atoms with van der Waals surface area (Å²) >= 11 is 13.2. The summed E-state index contributed by atoms with van der Waals surface area (Å²) in [4.78, 5) is 0. The minimum Gasteiger partial charge on any atom is -0.377 e. The minimum absolute atomic E-state index is 0.359. The highest BCUT2D eigenvalue weighted by atomic mass is 79.9. The van der Waals surface area contributed by atoms with Crippen LogP contribution in [0.15, 0.2) is 45.3 Å². The Morgan fingerprint density at radius 1 is 1.16 bits per heavy atom. The van der Waals surface area contributed by atoms with E-state index in [9.17, 15) is 0 Å². The third kappa shape index (κ3) is 2.69. The summed E-state index contributed by atoms with van der Waals surface area (Å²) in [6, 6.07) is 12.8. The van der Waals surface area contributed by atoms with Crippen molar-refractivity contribution in [3.63, 3.8) is 0 Å². The summed E-state index contributed by atoms with van der Waals surface area (Å²) in [6.45, 7) is 0. The maximum absolute atomic E-state index is 6.13. The zero-order valence-corrected chi connectivity index (χ0v) is 14.0. The van der Waals surface area contributed by atoms with E-state index in [1.54, 1.807) is 0 Å².